The molecule has 0 saturated carbocycles. The quantitative estimate of drug-likeness (QED) is 0.684. The van der Waals surface area contributed by atoms with Crippen LogP contribution in [0.5, 0.6) is 0 Å². The first-order valence-electron chi connectivity index (χ1n) is 9.75. The average Bonchev–Trinajstić information content (AvgIpc) is 3.06. The number of para-hydroxylation sites is 1. The molecule has 27 heavy (non-hydrogen) atoms. The van der Waals surface area contributed by atoms with Crippen LogP contribution >= 0.6 is 0 Å². The summed E-state index contributed by atoms with van der Waals surface area (Å²) < 4.78 is 5.35. The van der Waals surface area contributed by atoms with Crippen molar-refractivity contribution in [2.45, 2.75) is 32.3 Å². The maximum atomic E-state index is 11.1. The summed E-state index contributed by atoms with van der Waals surface area (Å²) in [5.41, 5.74) is 5.04. The Morgan fingerprint density at radius 1 is 1.07 bits per heavy atom. The molecule has 0 amide bonds. The van der Waals surface area contributed by atoms with Crippen molar-refractivity contribution in [1.82, 2.24) is 9.88 Å². The molecular weight excluding hydrogens is 336 g/mol. The van der Waals surface area contributed by atoms with Crippen LogP contribution in [0.3, 0.4) is 0 Å². The first kappa shape index (κ1) is 17.8. The maximum absolute atomic E-state index is 11.1. The number of esters is 1. The van der Waals surface area contributed by atoms with Crippen molar-refractivity contribution in [3.05, 3.63) is 60.2 Å². The molecule has 140 valence electrons. The number of fused-ring (bicyclic) bond motifs is 1. The van der Waals surface area contributed by atoms with Gasteiger partial charge in [0.05, 0.1) is 0 Å². The molecule has 1 aromatic heterocycles. The highest BCUT2D eigenvalue weighted by molar-refractivity contribution is 5.90. The summed E-state index contributed by atoms with van der Waals surface area (Å²) in [6.45, 7) is 4.49. The number of carbonyl (C=O) groups excluding carboxylic acids is 1. The van der Waals surface area contributed by atoms with Gasteiger partial charge in [-0.05, 0) is 36.5 Å². The standard InChI is InChI=1S/C23H26N2O2/c1-17(26)27-19-11-14-25(15-12-19)16-13-21-20-9-5-6-10-22(20)24-23(21)18-7-3-2-4-8-18/h2-10,19,24H,11-16H2,1H3. The van der Waals surface area contributed by atoms with E-state index in [1.807, 2.05) is 0 Å². The minimum absolute atomic E-state index is 0.0896. The Hall–Kier alpha value is -2.59. The number of likely N-dealkylation sites (tertiary alicyclic amines) is 1. The van der Waals surface area contributed by atoms with Crippen LogP contribution in [0.15, 0.2) is 54.6 Å². The van der Waals surface area contributed by atoms with Crippen LogP contribution in [-0.4, -0.2) is 41.6 Å². The fraction of sp³-hybridized carbons (Fsp3) is 0.348. The molecule has 1 saturated heterocycles. The number of nitrogens with zero attached hydrogens (tertiary/aromatic N) is 1. The van der Waals surface area contributed by atoms with E-state index in [-0.39, 0.29) is 12.1 Å². The Balaban J connectivity index is 1.50. The number of hydrogen-bond acceptors (Lipinski definition) is 3. The minimum Gasteiger partial charge on any atom is -0.462 e. The molecule has 2 heterocycles. The first-order chi connectivity index (χ1) is 13.2. The summed E-state index contributed by atoms with van der Waals surface area (Å²) in [4.78, 5) is 17.2. The monoisotopic (exact) mass is 362 g/mol. The number of hydrogen-bond donors (Lipinski definition) is 1. The van der Waals surface area contributed by atoms with Crippen LogP contribution in [0.1, 0.15) is 25.3 Å². The highest BCUT2D eigenvalue weighted by Gasteiger charge is 2.22. The molecule has 1 fully saturated rings. The number of rotatable bonds is 5. The second-order valence-corrected chi connectivity index (χ2v) is 7.29. The zero-order valence-corrected chi connectivity index (χ0v) is 15.8. The number of H-pyrrole nitrogens is 1. The third kappa shape index (κ3) is 4.06. The molecule has 2 aromatic carbocycles. The topological polar surface area (TPSA) is 45.3 Å². The average molecular weight is 362 g/mol. The van der Waals surface area contributed by atoms with E-state index in [0.717, 1.165) is 38.9 Å². The normalized spacial score (nSPS) is 15.9. The lowest BCUT2D eigenvalue weighted by atomic mass is 10.0. The van der Waals surface area contributed by atoms with E-state index in [1.165, 1.54) is 34.6 Å². The predicted molar refractivity (Wildman–Crippen MR) is 109 cm³/mol. The lowest BCUT2D eigenvalue weighted by molar-refractivity contribution is -0.148. The predicted octanol–water partition coefficient (Wildman–Crippen LogP) is 4.40. The molecule has 0 unspecified atom stereocenters. The zero-order chi connectivity index (χ0) is 18.6. The van der Waals surface area contributed by atoms with Crippen LogP contribution in [-0.2, 0) is 16.0 Å². The number of aromatic nitrogens is 1. The van der Waals surface area contributed by atoms with Gasteiger partial charge in [0.15, 0.2) is 0 Å². The number of ether oxygens (including phenoxy) is 1. The van der Waals surface area contributed by atoms with Crippen LogP contribution in [0.4, 0.5) is 0 Å². The lowest BCUT2D eigenvalue weighted by Crippen LogP contribution is -2.38. The van der Waals surface area contributed by atoms with Crippen molar-refractivity contribution in [3.63, 3.8) is 0 Å². The fourth-order valence-electron chi connectivity index (χ4n) is 4.07. The molecule has 3 aromatic rings. The van der Waals surface area contributed by atoms with E-state index in [1.54, 1.807) is 0 Å². The van der Waals surface area contributed by atoms with Crippen LogP contribution in [0, 0.1) is 0 Å². The highest BCUT2D eigenvalue weighted by Crippen LogP contribution is 2.31. The van der Waals surface area contributed by atoms with Gasteiger partial charge < -0.3 is 14.6 Å². The molecule has 0 bridgehead atoms. The van der Waals surface area contributed by atoms with Gasteiger partial charge in [0.1, 0.15) is 6.10 Å². The second kappa shape index (κ2) is 7.97. The van der Waals surface area contributed by atoms with E-state index >= 15 is 0 Å². The van der Waals surface area contributed by atoms with Crippen molar-refractivity contribution in [2.24, 2.45) is 0 Å². The molecule has 1 N–H and O–H groups in total. The van der Waals surface area contributed by atoms with Gasteiger partial charge in [0.25, 0.3) is 0 Å². The smallest absolute Gasteiger partial charge is 0.302 e. The van der Waals surface area contributed by atoms with E-state index in [9.17, 15) is 4.79 Å². The number of carbonyl (C=O) groups is 1. The van der Waals surface area contributed by atoms with Gasteiger partial charge in [0.2, 0.25) is 0 Å². The van der Waals surface area contributed by atoms with Crippen molar-refractivity contribution in [1.29, 1.82) is 0 Å². The second-order valence-electron chi connectivity index (χ2n) is 7.29. The summed E-state index contributed by atoms with van der Waals surface area (Å²) in [5, 5.41) is 1.31. The molecule has 4 rings (SSSR count). The molecular formula is C23H26N2O2. The Kier molecular flexibility index (Phi) is 5.26. The van der Waals surface area contributed by atoms with E-state index in [2.05, 4.69) is 64.5 Å². The number of nitrogens with one attached hydrogen (secondary N) is 1. The van der Waals surface area contributed by atoms with Gasteiger partial charge in [-0.2, -0.15) is 0 Å². The Labute approximate surface area is 160 Å². The number of aromatic amines is 1. The Bertz CT molecular complexity index is 909. The summed E-state index contributed by atoms with van der Waals surface area (Å²) >= 11 is 0. The molecule has 0 atom stereocenters. The highest BCUT2D eigenvalue weighted by atomic mass is 16.5. The van der Waals surface area contributed by atoms with Crippen molar-refractivity contribution < 1.29 is 9.53 Å². The Morgan fingerprint density at radius 2 is 1.78 bits per heavy atom. The molecule has 4 nitrogen and oxygen atoms in total. The van der Waals surface area contributed by atoms with Gasteiger partial charge in [-0.3, -0.25) is 4.79 Å². The zero-order valence-electron chi connectivity index (χ0n) is 15.8. The minimum atomic E-state index is -0.167. The first-order valence-corrected chi connectivity index (χ1v) is 9.75. The van der Waals surface area contributed by atoms with Crippen LogP contribution in [0.2, 0.25) is 0 Å². The van der Waals surface area contributed by atoms with Gasteiger partial charge in [0, 0.05) is 43.2 Å². The van der Waals surface area contributed by atoms with Crippen LogP contribution in [0.25, 0.3) is 22.2 Å². The van der Waals surface area contributed by atoms with Gasteiger partial charge in [-0.1, -0.05) is 48.5 Å². The Morgan fingerprint density at radius 3 is 2.52 bits per heavy atom. The molecule has 0 aliphatic carbocycles. The van der Waals surface area contributed by atoms with Gasteiger partial charge >= 0.3 is 5.97 Å². The van der Waals surface area contributed by atoms with Crippen molar-refractivity contribution in [3.8, 4) is 11.3 Å². The van der Waals surface area contributed by atoms with Crippen molar-refractivity contribution >= 4 is 16.9 Å². The third-order valence-electron chi connectivity index (χ3n) is 5.42. The molecule has 4 heteroatoms. The lowest BCUT2D eigenvalue weighted by Gasteiger charge is -2.31. The van der Waals surface area contributed by atoms with E-state index in [0.29, 0.717) is 0 Å². The summed E-state index contributed by atoms with van der Waals surface area (Å²) in [6.07, 6.45) is 2.96. The largest absolute Gasteiger partial charge is 0.462 e. The third-order valence-corrected chi connectivity index (χ3v) is 5.42. The maximum Gasteiger partial charge on any atom is 0.302 e. The molecule has 1 aliphatic heterocycles. The summed E-state index contributed by atoms with van der Waals surface area (Å²) in [6, 6.07) is 19.1. The fourth-order valence-corrected chi connectivity index (χ4v) is 4.07. The van der Waals surface area contributed by atoms with Crippen molar-refractivity contribution in [2.75, 3.05) is 19.6 Å². The van der Waals surface area contributed by atoms with E-state index < -0.39 is 0 Å². The number of benzene rings is 2. The van der Waals surface area contributed by atoms with Gasteiger partial charge in [-0.15, -0.1) is 0 Å². The summed E-state index contributed by atoms with van der Waals surface area (Å²) in [7, 11) is 0. The summed E-state index contributed by atoms with van der Waals surface area (Å²) in [5.74, 6) is -0.167. The molecule has 0 radical (unpaired) electrons. The number of piperidine rings is 1. The van der Waals surface area contributed by atoms with Gasteiger partial charge in [-0.25, -0.2) is 0 Å². The van der Waals surface area contributed by atoms with Crippen LogP contribution < -0.4 is 0 Å². The SMILES string of the molecule is CC(=O)OC1CCN(CCc2c(-c3ccccc3)[nH]c3ccccc23)CC1. The van der Waals surface area contributed by atoms with E-state index in [4.69, 9.17) is 4.74 Å². The molecule has 0 spiro atoms. The molecule has 1 aliphatic rings.